The second-order valence-corrected chi connectivity index (χ2v) is 4.73. The van der Waals surface area contributed by atoms with Gasteiger partial charge in [-0.25, -0.2) is 0 Å². The van der Waals surface area contributed by atoms with Gasteiger partial charge >= 0.3 is 6.18 Å². The minimum absolute atomic E-state index is 0.0905. The van der Waals surface area contributed by atoms with Gasteiger partial charge in [0, 0.05) is 32.2 Å². The van der Waals surface area contributed by atoms with Gasteiger partial charge in [-0.15, -0.1) is 0 Å². The van der Waals surface area contributed by atoms with Crippen molar-refractivity contribution in [1.82, 2.24) is 15.1 Å². The molecule has 0 aromatic rings. The molecule has 0 aliphatic carbocycles. The lowest BCUT2D eigenvalue weighted by Gasteiger charge is -2.27. The molecule has 0 fully saturated rings. The monoisotopic (exact) mass is 255 g/mol. The molecule has 0 radical (unpaired) electrons. The van der Waals surface area contributed by atoms with E-state index in [0.29, 0.717) is 13.1 Å². The lowest BCUT2D eigenvalue weighted by Crippen LogP contribution is -2.43. The third kappa shape index (κ3) is 10.5. The Kier molecular flexibility index (Phi) is 7.74. The van der Waals surface area contributed by atoms with Crippen molar-refractivity contribution in [3.63, 3.8) is 0 Å². The number of hydrogen-bond donors (Lipinski definition) is 1. The molecule has 0 saturated carbocycles. The average Bonchev–Trinajstić information content (AvgIpc) is 2.12. The van der Waals surface area contributed by atoms with Crippen LogP contribution in [0.25, 0.3) is 0 Å². The second-order valence-electron chi connectivity index (χ2n) is 4.73. The minimum atomic E-state index is -4.12. The number of hydrogen-bond acceptors (Lipinski definition) is 3. The molecule has 6 heteroatoms. The number of halogens is 3. The standard InChI is InChI=1S/C11H24F3N3/c1-10(2)17(9-11(12,13)14)8-6-15-5-7-16(3)4/h10,15H,5-9H2,1-4H3. The fourth-order valence-corrected chi connectivity index (χ4v) is 1.40. The van der Waals surface area contributed by atoms with Crippen LogP contribution in [0.3, 0.4) is 0 Å². The zero-order valence-corrected chi connectivity index (χ0v) is 11.1. The Morgan fingerprint density at radius 3 is 2.00 bits per heavy atom. The van der Waals surface area contributed by atoms with Crippen molar-refractivity contribution in [3.8, 4) is 0 Å². The lowest BCUT2D eigenvalue weighted by molar-refractivity contribution is -0.149. The Balaban J connectivity index is 3.79. The highest BCUT2D eigenvalue weighted by Gasteiger charge is 2.31. The van der Waals surface area contributed by atoms with Gasteiger partial charge in [-0.05, 0) is 27.9 Å². The van der Waals surface area contributed by atoms with Crippen LogP contribution in [-0.2, 0) is 0 Å². The predicted molar refractivity (Wildman–Crippen MR) is 64.2 cm³/mol. The highest BCUT2D eigenvalue weighted by atomic mass is 19.4. The molecule has 0 bridgehead atoms. The molecule has 104 valence electrons. The van der Waals surface area contributed by atoms with Gasteiger partial charge in [-0.2, -0.15) is 13.2 Å². The first-order valence-corrected chi connectivity index (χ1v) is 5.88. The van der Waals surface area contributed by atoms with Crippen LogP contribution in [0.1, 0.15) is 13.8 Å². The van der Waals surface area contributed by atoms with Gasteiger partial charge in [-0.1, -0.05) is 0 Å². The molecule has 0 aromatic carbocycles. The molecule has 0 aromatic heterocycles. The summed E-state index contributed by atoms with van der Waals surface area (Å²) >= 11 is 0. The van der Waals surface area contributed by atoms with Crippen LogP contribution in [0, 0.1) is 0 Å². The molecule has 3 nitrogen and oxygen atoms in total. The van der Waals surface area contributed by atoms with Crippen molar-refractivity contribution in [2.24, 2.45) is 0 Å². The van der Waals surface area contributed by atoms with E-state index in [0.717, 1.165) is 13.1 Å². The first kappa shape index (κ1) is 16.7. The largest absolute Gasteiger partial charge is 0.401 e. The minimum Gasteiger partial charge on any atom is -0.314 e. The fourth-order valence-electron chi connectivity index (χ4n) is 1.40. The summed E-state index contributed by atoms with van der Waals surface area (Å²) in [4.78, 5) is 3.46. The van der Waals surface area contributed by atoms with Gasteiger partial charge in [-0.3, -0.25) is 4.90 Å². The quantitative estimate of drug-likeness (QED) is 0.662. The van der Waals surface area contributed by atoms with Gasteiger partial charge < -0.3 is 10.2 Å². The highest BCUT2D eigenvalue weighted by Crippen LogP contribution is 2.17. The summed E-state index contributed by atoms with van der Waals surface area (Å²) in [5.41, 5.74) is 0. The summed E-state index contributed by atoms with van der Waals surface area (Å²) in [7, 11) is 3.93. The lowest BCUT2D eigenvalue weighted by atomic mass is 10.3. The number of rotatable bonds is 8. The van der Waals surface area contributed by atoms with Crippen LogP contribution in [0.15, 0.2) is 0 Å². The van der Waals surface area contributed by atoms with Gasteiger partial charge in [0.05, 0.1) is 6.54 Å². The van der Waals surface area contributed by atoms with Crippen molar-refractivity contribution in [3.05, 3.63) is 0 Å². The Morgan fingerprint density at radius 2 is 1.59 bits per heavy atom. The maximum atomic E-state index is 12.3. The third-order valence-corrected chi connectivity index (χ3v) is 2.42. The summed E-state index contributed by atoms with van der Waals surface area (Å²) < 4.78 is 36.8. The number of alkyl halides is 3. The molecule has 0 amide bonds. The maximum Gasteiger partial charge on any atom is 0.401 e. The van der Waals surface area contributed by atoms with E-state index in [-0.39, 0.29) is 6.04 Å². The van der Waals surface area contributed by atoms with Crippen LogP contribution in [0.4, 0.5) is 13.2 Å². The highest BCUT2D eigenvalue weighted by molar-refractivity contribution is 4.68. The summed E-state index contributed by atoms with van der Waals surface area (Å²) in [5.74, 6) is 0. The molecule has 0 saturated heterocycles. The zero-order valence-electron chi connectivity index (χ0n) is 11.1. The van der Waals surface area contributed by atoms with Crippen LogP contribution >= 0.6 is 0 Å². The van der Waals surface area contributed by atoms with E-state index in [9.17, 15) is 13.2 Å². The topological polar surface area (TPSA) is 18.5 Å². The van der Waals surface area contributed by atoms with E-state index in [2.05, 4.69) is 5.32 Å². The number of nitrogens with one attached hydrogen (secondary N) is 1. The van der Waals surface area contributed by atoms with Gasteiger partial charge in [0.1, 0.15) is 0 Å². The summed E-state index contributed by atoms with van der Waals surface area (Å²) in [6.45, 7) is 5.43. The molecule has 0 aliphatic heterocycles. The summed E-state index contributed by atoms with van der Waals surface area (Å²) in [6, 6.07) is -0.0905. The Labute approximate surface area is 102 Å². The van der Waals surface area contributed by atoms with Crippen molar-refractivity contribution in [2.45, 2.75) is 26.1 Å². The first-order valence-electron chi connectivity index (χ1n) is 5.88. The van der Waals surface area contributed by atoms with E-state index in [1.165, 1.54) is 4.90 Å². The molecule has 1 N–H and O–H groups in total. The Hall–Kier alpha value is -0.330. The van der Waals surface area contributed by atoms with Crippen LogP contribution in [-0.4, -0.2) is 68.8 Å². The van der Waals surface area contributed by atoms with Gasteiger partial charge in [0.2, 0.25) is 0 Å². The normalized spacial score (nSPS) is 13.1. The van der Waals surface area contributed by atoms with Crippen molar-refractivity contribution in [1.29, 1.82) is 0 Å². The van der Waals surface area contributed by atoms with Crippen molar-refractivity contribution >= 4 is 0 Å². The Bertz CT molecular complexity index is 193. The van der Waals surface area contributed by atoms with Crippen molar-refractivity contribution in [2.75, 3.05) is 46.8 Å². The van der Waals surface area contributed by atoms with Crippen LogP contribution in [0.2, 0.25) is 0 Å². The molecule has 0 unspecified atom stereocenters. The maximum absolute atomic E-state index is 12.3. The molecule has 0 heterocycles. The van der Waals surface area contributed by atoms with E-state index in [1.807, 2.05) is 19.0 Å². The molecule has 0 rings (SSSR count). The molecular formula is C11H24F3N3. The van der Waals surface area contributed by atoms with E-state index >= 15 is 0 Å². The third-order valence-electron chi connectivity index (χ3n) is 2.42. The van der Waals surface area contributed by atoms with Gasteiger partial charge in [0.15, 0.2) is 0 Å². The Morgan fingerprint density at radius 1 is 1.06 bits per heavy atom. The second kappa shape index (κ2) is 7.89. The number of nitrogens with zero attached hydrogens (tertiary/aromatic N) is 2. The average molecular weight is 255 g/mol. The van der Waals surface area contributed by atoms with E-state index in [1.54, 1.807) is 13.8 Å². The summed E-state index contributed by atoms with van der Waals surface area (Å²) in [5, 5.41) is 3.14. The molecule has 0 spiro atoms. The SMILES string of the molecule is CC(C)N(CCNCCN(C)C)CC(F)(F)F. The number of likely N-dealkylation sites (N-methyl/N-ethyl adjacent to an activating group) is 1. The molecule has 0 aliphatic rings. The van der Waals surface area contributed by atoms with Crippen LogP contribution < -0.4 is 5.32 Å². The zero-order chi connectivity index (χ0) is 13.5. The molecule has 0 atom stereocenters. The summed E-state index contributed by atoms with van der Waals surface area (Å²) in [6.07, 6.45) is -4.12. The van der Waals surface area contributed by atoms with Crippen molar-refractivity contribution < 1.29 is 13.2 Å². The predicted octanol–water partition coefficient (Wildman–Crippen LogP) is 1.41. The fraction of sp³-hybridized carbons (Fsp3) is 1.00. The van der Waals surface area contributed by atoms with Gasteiger partial charge in [0.25, 0.3) is 0 Å². The smallest absolute Gasteiger partial charge is 0.314 e. The first-order chi connectivity index (χ1) is 7.72. The van der Waals surface area contributed by atoms with E-state index in [4.69, 9.17) is 0 Å². The van der Waals surface area contributed by atoms with Crippen LogP contribution in [0.5, 0.6) is 0 Å². The molecular weight excluding hydrogens is 231 g/mol. The van der Waals surface area contributed by atoms with E-state index < -0.39 is 12.7 Å². The molecule has 17 heavy (non-hydrogen) atoms.